The van der Waals surface area contributed by atoms with E-state index < -0.39 is 10.0 Å². The van der Waals surface area contributed by atoms with E-state index in [2.05, 4.69) is 13.8 Å². The number of hydrogen-bond donors (Lipinski definition) is 1. The van der Waals surface area contributed by atoms with Crippen LogP contribution in [0, 0.1) is 5.92 Å². The lowest BCUT2D eigenvalue weighted by atomic mass is 10.0. The number of halogens is 1. The summed E-state index contributed by atoms with van der Waals surface area (Å²) in [5.41, 5.74) is 7.09. The Morgan fingerprint density at radius 3 is 2.60 bits per heavy atom. The van der Waals surface area contributed by atoms with Gasteiger partial charge in [0.05, 0.1) is 11.4 Å². The smallest absolute Gasteiger partial charge is 0.253 e. The Kier molecular flexibility index (Phi) is 7.71. The van der Waals surface area contributed by atoms with Crippen molar-refractivity contribution in [3.63, 3.8) is 0 Å². The van der Waals surface area contributed by atoms with Crippen LogP contribution in [0.4, 0.5) is 5.69 Å². The third-order valence-corrected chi connectivity index (χ3v) is 6.35. The van der Waals surface area contributed by atoms with Crippen molar-refractivity contribution in [2.24, 2.45) is 11.7 Å². The molecule has 1 unspecified atom stereocenters. The van der Waals surface area contributed by atoms with Crippen molar-refractivity contribution < 1.29 is 13.2 Å². The van der Waals surface area contributed by atoms with Gasteiger partial charge in [0, 0.05) is 31.7 Å². The van der Waals surface area contributed by atoms with Gasteiger partial charge in [-0.25, -0.2) is 8.42 Å². The minimum Gasteiger partial charge on any atom is -0.342 e. The SMILES string of the molecule is CC(C)C(N)CCN(C)C(=O)c1cccc(N2CCCS2(=O)=O)c1.Cl. The molecule has 2 N–H and O–H groups in total. The number of amides is 1. The van der Waals surface area contributed by atoms with E-state index in [1.54, 1.807) is 36.2 Å². The van der Waals surface area contributed by atoms with Crippen molar-refractivity contribution in [1.82, 2.24) is 4.90 Å². The van der Waals surface area contributed by atoms with Gasteiger partial charge >= 0.3 is 0 Å². The number of carbonyl (C=O) groups excluding carboxylic acids is 1. The van der Waals surface area contributed by atoms with Crippen LogP contribution in [-0.2, 0) is 10.0 Å². The minimum atomic E-state index is -3.24. The average molecular weight is 390 g/mol. The molecule has 1 heterocycles. The molecule has 1 aliphatic rings. The molecular formula is C17H28ClN3O3S. The number of benzene rings is 1. The Morgan fingerprint density at radius 1 is 1.36 bits per heavy atom. The molecule has 0 bridgehead atoms. The molecule has 0 radical (unpaired) electrons. The zero-order chi connectivity index (χ0) is 17.9. The first-order valence-electron chi connectivity index (χ1n) is 8.34. The van der Waals surface area contributed by atoms with Crippen LogP contribution in [0.5, 0.6) is 0 Å². The highest BCUT2D eigenvalue weighted by molar-refractivity contribution is 7.93. The Morgan fingerprint density at radius 2 is 2.04 bits per heavy atom. The van der Waals surface area contributed by atoms with E-state index in [4.69, 9.17) is 5.73 Å². The Labute approximate surface area is 156 Å². The minimum absolute atomic E-state index is 0. The number of nitrogens with two attached hydrogens (primary N) is 1. The van der Waals surface area contributed by atoms with Crippen LogP contribution in [0.2, 0.25) is 0 Å². The van der Waals surface area contributed by atoms with Crippen molar-refractivity contribution >= 4 is 34.0 Å². The Balaban J connectivity index is 0.00000312. The van der Waals surface area contributed by atoms with Crippen LogP contribution in [0.15, 0.2) is 24.3 Å². The summed E-state index contributed by atoms with van der Waals surface area (Å²) in [5, 5.41) is 0. The number of hydrogen-bond acceptors (Lipinski definition) is 4. The average Bonchev–Trinajstić information content (AvgIpc) is 2.90. The van der Waals surface area contributed by atoms with Crippen molar-refractivity contribution in [1.29, 1.82) is 0 Å². The zero-order valence-electron chi connectivity index (χ0n) is 15.0. The Hall–Kier alpha value is -1.31. The van der Waals surface area contributed by atoms with Crippen molar-refractivity contribution in [2.45, 2.75) is 32.7 Å². The molecule has 1 aromatic rings. The van der Waals surface area contributed by atoms with E-state index >= 15 is 0 Å². The summed E-state index contributed by atoms with van der Waals surface area (Å²) in [7, 11) is -1.50. The van der Waals surface area contributed by atoms with E-state index in [0.29, 0.717) is 36.7 Å². The van der Waals surface area contributed by atoms with Gasteiger partial charge in [0.1, 0.15) is 0 Å². The summed E-state index contributed by atoms with van der Waals surface area (Å²) < 4.78 is 25.5. The van der Waals surface area contributed by atoms with E-state index in [0.717, 1.165) is 6.42 Å². The predicted molar refractivity (Wildman–Crippen MR) is 104 cm³/mol. The van der Waals surface area contributed by atoms with Gasteiger partial charge in [-0.15, -0.1) is 12.4 Å². The summed E-state index contributed by atoms with van der Waals surface area (Å²) in [6.07, 6.45) is 1.35. The van der Waals surface area contributed by atoms with Gasteiger partial charge in [0.15, 0.2) is 0 Å². The van der Waals surface area contributed by atoms with E-state index in [9.17, 15) is 13.2 Å². The largest absolute Gasteiger partial charge is 0.342 e. The van der Waals surface area contributed by atoms with E-state index in [1.165, 1.54) is 4.31 Å². The molecule has 0 aliphatic carbocycles. The molecule has 0 spiro atoms. The first kappa shape index (κ1) is 21.7. The molecule has 142 valence electrons. The molecule has 1 aliphatic heterocycles. The third kappa shape index (κ3) is 5.33. The van der Waals surface area contributed by atoms with Gasteiger partial charge in [0.25, 0.3) is 5.91 Å². The maximum Gasteiger partial charge on any atom is 0.253 e. The summed E-state index contributed by atoms with van der Waals surface area (Å²) in [6.45, 7) is 5.17. The fourth-order valence-electron chi connectivity index (χ4n) is 2.72. The molecule has 0 saturated carbocycles. The summed E-state index contributed by atoms with van der Waals surface area (Å²) in [6, 6.07) is 6.89. The second kappa shape index (κ2) is 8.87. The molecule has 8 heteroatoms. The molecule has 25 heavy (non-hydrogen) atoms. The van der Waals surface area contributed by atoms with Gasteiger partial charge in [-0.05, 0) is 37.0 Å². The standard InChI is InChI=1S/C17H27N3O3S.ClH/c1-13(2)16(18)8-10-19(3)17(21)14-6-4-7-15(12-14)20-9-5-11-24(20,22)23;/h4,6-7,12-13,16H,5,8-11,18H2,1-3H3;1H. The van der Waals surface area contributed by atoms with E-state index in [-0.39, 0.29) is 30.1 Å². The molecule has 1 fully saturated rings. The highest BCUT2D eigenvalue weighted by Gasteiger charge is 2.28. The molecule has 1 aromatic carbocycles. The van der Waals surface area contributed by atoms with Crippen LogP contribution < -0.4 is 10.0 Å². The first-order valence-corrected chi connectivity index (χ1v) is 9.95. The number of nitrogens with zero attached hydrogens (tertiary/aromatic N) is 2. The predicted octanol–water partition coefficient (Wildman–Crippen LogP) is 2.09. The van der Waals surface area contributed by atoms with Crippen molar-refractivity contribution in [2.75, 3.05) is 30.2 Å². The number of anilines is 1. The molecule has 1 saturated heterocycles. The second-order valence-electron chi connectivity index (χ2n) is 6.72. The van der Waals surface area contributed by atoms with Crippen LogP contribution in [0.25, 0.3) is 0 Å². The topological polar surface area (TPSA) is 83.7 Å². The fraction of sp³-hybridized carbons (Fsp3) is 0.588. The second-order valence-corrected chi connectivity index (χ2v) is 8.73. The maximum absolute atomic E-state index is 12.6. The van der Waals surface area contributed by atoms with Crippen molar-refractivity contribution in [3.05, 3.63) is 29.8 Å². The lowest BCUT2D eigenvalue weighted by molar-refractivity contribution is 0.0789. The van der Waals surface area contributed by atoms with Crippen LogP contribution in [-0.4, -0.2) is 51.2 Å². The molecule has 6 nitrogen and oxygen atoms in total. The van der Waals surface area contributed by atoms with Gasteiger partial charge in [0.2, 0.25) is 10.0 Å². The first-order chi connectivity index (χ1) is 11.2. The zero-order valence-corrected chi connectivity index (χ0v) is 16.6. The quantitative estimate of drug-likeness (QED) is 0.807. The van der Waals surface area contributed by atoms with Crippen LogP contribution >= 0.6 is 12.4 Å². The monoisotopic (exact) mass is 389 g/mol. The lowest BCUT2D eigenvalue weighted by Crippen LogP contribution is -2.34. The van der Waals surface area contributed by atoms with E-state index in [1.807, 2.05) is 0 Å². The number of rotatable bonds is 6. The van der Waals surface area contributed by atoms with Gasteiger partial charge in [-0.3, -0.25) is 9.10 Å². The third-order valence-electron chi connectivity index (χ3n) is 4.48. The maximum atomic E-state index is 12.6. The lowest BCUT2D eigenvalue weighted by Gasteiger charge is -2.22. The summed E-state index contributed by atoms with van der Waals surface area (Å²) in [4.78, 5) is 14.2. The highest BCUT2D eigenvalue weighted by Crippen LogP contribution is 2.25. The molecular weight excluding hydrogens is 362 g/mol. The number of sulfonamides is 1. The van der Waals surface area contributed by atoms with Gasteiger partial charge in [-0.2, -0.15) is 0 Å². The molecule has 2 rings (SSSR count). The molecule has 1 atom stereocenters. The number of carbonyl (C=O) groups is 1. The van der Waals surface area contributed by atoms with Gasteiger partial charge < -0.3 is 10.6 Å². The normalized spacial score (nSPS) is 17.2. The summed E-state index contributed by atoms with van der Waals surface area (Å²) in [5.74, 6) is 0.416. The summed E-state index contributed by atoms with van der Waals surface area (Å²) >= 11 is 0. The van der Waals surface area contributed by atoms with Gasteiger partial charge in [-0.1, -0.05) is 19.9 Å². The fourth-order valence-corrected chi connectivity index (χ4v) is 4.28. The Bertz CT molecular complexity index is 694. The van der Waals surface area contributed by atoms with Crippen molar-refractivity contribution in [3.8, 4) is 0 Å². The van der Waals surface area contributed by atoms with Crippen LogP contribution in [0.1, 0.15) is 37.0 Å². The molecule has 0 aromatic heterocycles. The highest BCUT2D eigenvalue weighted by atomic mass is 35.5. The molecule has 1 amide bonds. The van der Waals surface area contributed by atoms with Crippen LogP contribution in [0.3, 0.4) is 0 Å².